The number of anilines is 1. The number of benzene rings is 1. The third kappa shape index (κ3) is 4.47. The van der Waals surface area contributed by atoms with Gasteiger partial charge in [0.2, 0.25) is 11.7 Å². The Bertz CT molecular complexity index is 930. The Morgan fingerprint density at radius 3 is 2.72 bits per heavy atom. The predicted molar refractivity (Wildman–Crippen MR) is 109 cm³/mol. The zero-order chi connectivity index (χ0) is 20.1. The molecule has 0 unspecified atom stereocenters. The molecule has 1 aliphatic carbocycles. The van der Waals surface area contributed by atoms with Crippen LogP contribution < -0.4 is 10.1 Å². The highest BCUT2D eigenvalue weighted by Crippen LogP contribution is 2.41. The number of tetrazole rings is 1. The van der Waals surface area contributed by atoms with Crippen molar-refractivity contribution < 1.29 is 9.53 Å². The van der Waals surface area contributed by atoms with Crippen LogP contribution in [0.2, 0.25) is 0 Å². The summed E-state index contributed by atoms with van der Waals surface area (Å²) in [5.41, 5.74) is 1.38. The number of H-pyrrole nitrogens is 1. The van der Waals surface area contributed by atoms with Crippen molar-refractivity contribution in [2.45, 2.75) is 45.1 Å². The maximum Gasteiger partial charge on any atom is 0.224 e. The largest absolute Gasteiger partial charge is 0.496 e. The van der Waals surface area contributed by atoms with Gasteiger partial charge < -0.3 is 14.6 Å². The molecule has 3 aromatic rings. The third-order valence-corrected chi connectivity index (χ3v) is 5.70. The van der Waals surface area contributed by atoms with Crippen molar-refractivity contribution in [1.29, 1.82) is 0 Å². The maximum atomic E-state index is 13.0. The van der Waals surface area contributed by atoms with E-state index in [1.165, 1.54) is 19.3 Å². The second kappa shape index (κ2) is 8.46. The van der Waals surface area contributed by atoms with Gasteiger partial charge >= 0.3 is 0 Å². The van der Waals surface area contributed by atoms with E-state index in [4.69, 9.17) is 4.74 Å². The van der Waals surface area contributed by atoms with Crippen LogP contribution in [0.5, 0.6) is 5.75 Å². The second-order valence-electron chi connectivity index (χ2n) is 7.79. The molecule has 1 amide bonds. The lowest BCUT2D eigenvalue weighted by molar-refractivity contribution is -0.119. The summed E-state index contributed by atoms with van der Waals surface area (Å²) in [4.78, 5) is 13.0. The molecule has 152 valence electrons. The van der Waals surface area contributed by atoms with E-state index in [1.54, 1.807) is 13.2 Å². The van der Waals surface area contributed by atoms with Gasteiger partial charge in [0.1, 0.15) is 5.75 Å². The lowest BCUT2D eigenvalue weighted by atomic mass is 9.71. The lowest BCUT2D eigenvalue weighted by Gasteiger charge is -2.37. The summed E-state index contributed by atoms with van der Waals surface area (Å²) < 4.78 is 7.58. The Hall–Kier alpha value is -3.16. The first-order chi connectivity index (χ1) is 14.2. The van der Waals surface area contributed by atoms with Gasteiger partial charge in [0.15, 0.2) is 0 Å². The number of rotatable bonds is 7. The molecule has 29 heavy (non-hydrogen) atoms. The van der Waals surface area contributed by atoms with Crippen LogP contribution in [-0.2, 0) is 11.3 Å². The minimum Gasteiger partial charge on any atom is -0.496 e. The highest BCUT2D eigenvalue weighted by molar-refractivity contribution is 5.92. The van der Waals surface area contributed by atoms with E-state index in [9.17, 15) is 4.79 Å². The van der Waals surface area contributed by atoms with E-state index in [-0.39, 0.29) is 11.3 Å². The fourth-order valence-electron chi connectivity index (χ4n) is 4.34. The molecule has 0 atom stereocenters. The van der Waals surface area contributed by atoms with Gasteiger partial charge in [0.25, 0.3) is 0 Å². The summed E-state index contributed by atoms with van der Waals surface area (Å²) >= 11 is 0. The van der Waals surface area contributed by atoms with E-state index < -0.39 is 0 Å². The van der Waals surface area contributed by atoms with Gasteiger partial charge in [0.05, 0.1) is 12.7 Å². The van der Waals surface area contributed by atoms with E-state index in [0.717, 1.165) is 19.4 Å². The normalized spacial score (nSPS) is 15.8. The van der Waals surface area contributed by atoms with Crippen molar-refractivity contribution in [1.82, 2.24) is 25.2 Å². The average Bonchev–Trinajstić information content (AvgIpc) is 3.42. The molecule has 4 rings (SSSR count). The molecule has 8 heteroatoms. The zero-order valence-electron chi connectivity index (χ0n) is 16.6. The lowest BCUT2D eigenvalue weighted by Crippen LogP contribution is -2.33. The van der Waals surface area contributed by atoms with Crippen molar-refractivity contribution in [2.24, 2.45) is 5.41 Å². The molecule has 1 aromatic carbocycles. The van der Waals surface area contributed by atoms with E-state index in [1.807, 2.05) is 24.3 Å². The number of nitrogens with one attached hydrogen (secondary N) is 2. The first kappa shape index (κ1) is 19.2. The fourth-order valence-corrected chi connectivity index (χ4v) is 4.34. The monoisotopic (exact) mass is 394 g/mol. The van der Waals surface area contributed by atoms with Crippen LogP contribution in [0, 0.1) is 5.41 Å². The van der Waals surface area contributed by atoms with Gasteiger partial charge in [-0.3, -0.25) is 4.79 Å². The van der Waals surface area contributed by atoms with Crippen molar-refractivity contribution >= 4 is 11.6 Å². The minimum atomic E-state index is 0.00429. The first-order valence-electron chi connectivity index (χ1n) is 10.00. The molecular weight excluding hydrogens is 368 g/mol. The van der Waals surface area contributed by atoms with Crippen LogP contribution in [-0.4, -0.2) is 38.2 Å². The smallest absolute Gasteiger partial charge is 0.224 e. The number of aromatic amines is 1. The highest BCUT2D eigenvalue weighted by atomic mass is 16.5. The molecule has 0 saturated heterocycles. The molecule has 0 bridgehead atoms. The Morgan fingerprint density at radius 1 is 1.24 bits per heavy atom. The second-order valence-corrected chi connectivity index (χ2v) is 7.79. The number of nitrogens with zero attached hydrogens (tertiary/aromatic N) is 4. The van der Waals surface area contributed by atoms with E-state index in [0.29, 0.717) is 29.2 Å². The molecule has 0 aliphatic heterocycles. The zero-order valence-corrected chi connectivity index (χ0v) is 16.6. The Morgan fingerprint density at radius 2 is 2.03 bits per heavy atom. The highest BCUT2D eigenvalue weighted by Gasteiger charge is 2.34. The molecular formula is C21H26N6O2. The van der Waals surface area contributed by atoms with E-state index in [2.05, 4.69) is 42.9 Å². The van der Waals surface area contributed by atoms with Gasteiger partial charge in [-0.15, -0.1) is 10.2 Å². The summed E-state index contributed by atoms with van der Waals surface area (Å²) in [6.45, 7) is 0.879. The average molecular weight is 394 g/mol. The topological polar surface area (TPSA) is 97.7 Å². The van der Waals surface area contributed by atoms with Crippen LogP contribution in [0.15, 0.2) is 42.7 Å². The van der Waals surface area contributed by atoms with Gasteiger partial charge in [-0.1, -0.05) is 19.3 Å². The van der Waals surface area contributed by atoms with Crippen LogP contribution in [0.25, 0.3) is 11.4 Å². The number of hydrogen-bond acceptors (Lipinski definition) is 5. The minimum absolute atomic E-state index is 0.00429. The molecule has 0 radical (unpaired) electrons. The van der Waals surface area contributed by atoms with Gasteiger partial charge in [0, 0.05) is 31.0 Å². The number of carbonyl (C=O) groups is 1. The molecule has 1 aliphatic rings. The van der Waals surface area contributed by atoms with E-state index >= 15 is 0 Å². The predicted octanol–water partition coefficient (Wildman–Crippen LogP) is 3.66. The molecule has 1 saturated carbocycles. The van der Waals surface area contributed by atoms with Crippen LogP contribution in [0.1, 0.15) is 38.5 Å². The van der Waals surface area contributed by atoms with Gasteiger partial charge in [-0.2, -0.15) is 5.21 Å². The Kier molecular flexibility index (Phi) is 5.59. The first-order valence-corrected chi connectivity index (χ1v) is 10.00. The standard InChI is InChI=1S/C21H26N6O2/c1-29-18-8-7-16(13-17(18)20-23-25-26-24-20)22-19(28)14-21(9-3-2-4-10-21)15-27-11-5-6-12-27/h5-8,11-13H,2-4,9-10,14-15H2,1H3,(H,22,28)(H,23,24,25,26). The van der Waals surface area contributed by atoms with Crippen molar-refractivity contribution in [3.63, 3.8) is 0 Å². The van der Waals surface area contributed by atoms with Crippen LogP contribution >= 0.6 is 0 Å². The number of hydrogen-bond donors (Lipinski definition) is 2. The molecule has 2 aromatic heterocycles. The summed E-state index contributed by atoms with van der Waals surface area (Å²) in [7, 11) is 1.59. The van der Waals surface area contributed by atoms with Gasteiger partial charge in [-0.05, 0) is 53.8 Å². The number of amides is 1. The Labute approximate surface area is 169 Å². The fraction of sp³-hybridized carbons (Fsp3) is 0.429. The van der Waals surface area contributed by atoms with Crippen LogP contribution in [0.3, 0.4) is 0 Å². The molecule has 0 spiro atoms. The number of ether oxygens (including phenoxy) is 1. The third-order valence-electron chi connectivity index (χ3n) is 5.70. The van der Waals surface area contributed by atoms with Crippen LogP contribution in [0.4, 0.5) is 5.69 Å². The van der Waals surface area contributed by atoms with Crippen molar-refractivity contribution in [3.8, 4) is 17.1 Å². The molecule has 2 N–H and O–H groups in total. The molecule has 2 heterocycles. The van der Waals surface area contributed by atoms with Gasteiger partial charge in [-0.25, -0.2) is 0 Å². The summed E-state index contributed by atoms with van der Waals surface area (Å²) in [6.07, 6.45) is 10.4. The number of aromatic nitrogens is 5. The molecule has 1 fully saturated rings. The van der Waals surface area contributed by atoms with Crippen molar-refractivity contribution in [3.05, 3.63) is 42.7 Å². The summed E-state index contributed by atoms with van der Waals surface area (Å²) in [5.74, 6) is 1.08. The summed E-state index contributed by atoms with van der Waals surface area (Å²) in [6, 6.07) is 9.53. The molecule has 8 nitrogen and oxygen atoms in total. The summed E-state index contributed by atoms with van der Waals surface area (Å²) in [5, 5.41) is 17.1. The number of methoxy groups -OCH3 is 1. The quantitative estimate of drug-likeness (QED) is 0.637. The maximum absolute atomic E-state index is 13.0. The Balaban J connectivity index is 1.50. The SMILES string of the molecule is COc1ccc(NC(=O)CC2(Cn3cccc3)CCCCC2)cc1-c1nn[nH]n1. The number of carbonyl (C=O) groups excluding carboxylic acids is 1. The van der Waals surface area contributed by atoms with Crippen molar-refractivity contribution in [2.75, 3.05) is 12.4 Å².